The Hall–Kier alpha value is 0.610. The van der Waals surface area contributed by atoms with E-state index in [0.717, 1.165) is 6.42 Å². The van der Waals surface area contributed by atoms with Gasteiger partial charge in [0.05, 0.1) is 16.1 Å². The summed E-state index contributed by atoms with van der Waals surface area (Å²) in [6, 6.07) is 0. The first kappa shape index (κ1) is 7.71. The highest BCUT2D eigenvalue weighted by molar-refractivity contribution is 6.32. The standard InChI is InChI=1S/C6H7Cl3/c7-4-1-2-5(8)6(9)3-4/h1-2,4-6H,3H2. The number of hydrogen-bond donors (Lipinski definition) is 0. The summed E-state index contributed by atoms with van der Waals surface area (Å²) < 4.78 is 0. The first-order chi connectivity index (χ1) is 4.20. The predicted molar refractivity (Wildman–Crippen MR) is 42.7 cm³/mol. The third kappa shape index (κ3) is 2.03. The average molecular weight is 185 g/mol. The lowest BCUT2D eigenvalue weighted by Crippen LogP contribution is -2.21. The fourth-order valence-electron chi connectivity index (χ4n) is 0.771. The van der Waals surface area contributed by atoms with Crippen LogP contribution < -0.4 is 0 Å². The zero-order valence-electron chi connectivity index (χ0n) is 4.73. The van der Waals surface area contributed by atoms with Crippen molar-refractivity contribution >= 4 is 34.8 Å². The van der Waals surface area contributed by atoms with Gasteiger partial charge in [-0.05, 0) is 6.42 Å². The van der Waals surface area contributed by atoms with E-state index in [4.69, 9.17) is 34.8 Å². The third-order valence-corrected chi connectivity index (χ3v) is 2.65. The van der Waals surface area contributed by atoms with Crippen molar-refractivity contribution in [3.8, 4) is 0 Å². The molecule has 0 aromatic carbocycles. The van der Waals surface area contributed by atoms with Gasteiger partial charge >= 0.3 is 0 Å². The summed E-state index contributed by atoms with van der Waals surface area (Å²) in [4.78, 5) is 0. The first-order valence-electron chi connectivity index (χ1n) is 2.80. The van der Waals surface area contributed by atoms with Crippen molar-refractivity contribution < 1.29 is 0 Å². The van der Waals surface area contributed by atoms with Crippen LogP contribution in [-0.4, -0.2) is 16.1 Å². The van der Waals surface area contributed by atoms with Crippen molar-refractivity contribution in [2.45, 2.75) is 22.6 Å². The molecule has 0 N–H and O–H groups in total. The average Bonchev–Trinajstić information content (AvgIpc) is 1.80. The second-order valence-electron chi connectivity index (χ2n) is 2.10. The molecule has 3 heteroatoms. The zero-order valence-corrected chi connectivity index (χ0v) is 7.00. The van der Waals surface area contributed by atoms with Gasteiger partial charge < -0.3 is 0 Å². The monoisotopic (exact) mass is 184 g/mol. The molecular formula is C6H7Cl3. The highest BCUT2D eigenvalue weighted by Gasteiger charge is 2.21. The Balaban J connectivity index is 2.54. The Labute approximate surface area is 69.8 Å². The fraction of sp³-hybridized carbons (Fsp3) is 0.667. The summed E-state index contributed by atoms with van der Waals surface area (Å²) >= 11 is 17.3. The van der Waals surface area contributed by atoms with Gasteiger partial charge in [-0.2, -0.15) is 0 Å². The molecule has 0 spiro atoms. The molecule has 1 aliphatic carbocycles. The van der Waals surface area contributed by atoms with Gasteiger partial charge in [0, 0.05) is 0 Å². The second kappa shape index (κ2) is 3.14. The molecule has 0 aromatic rings. The molecule has 0 nitrogen and oxygen atoms in total. The van der Waals surface area contributed by atoms with Gasteiger partial charge in [0.15, 0.2) is 0 Å². The largest absolute Gasteiger partial charge is 0.121 e. The van der Waals surface area contributed by atoms with Crippen molar-refractivity contribution in [3.05, 3.63) is 12.2 Å². The highest BCUT2D eigenvalue weighted by atomic mass is 35.5. The molecule has 3 atom stereocenters. The van der Waals surface area contributed by atoms with Crippen molar-refractivity contribution in [1.29, 1.82) is 0 Å². The van der Waals surface area contributed by atoms with Crippen LogP contribution in [0.15, 0.2) is 12.2 Å². The van der Waals surface area contributed by atoms with Crippen LogP contribution in [0.3, 0.4) is 0 Å². The molecule has 0 aromatic heterocycles. The van der Waals surface area contributed by atoms with Gasteiger partial charge in [-0.1, -0.05) is 12.2 Å². The van der Waals surface area contributed by atoms with Crippen molar-refractivity contribution in [3.63, 3.8) is 0 Å². The number of rotatable bonds is 0. The minimum Gasteiger partial charge on any atom is -0.121 e. The molecule has 0 amide bonds. The number of allylic oxidation sites excluding steroid dienone is 2. The van der Waals surface area contributed by atoms with Crippen molar-refractivity contribution in [2.75, 3.05) is 0 Å². The van der Waals surface area contributed by atoms with Gasteiger partial charge in [0.2, 0.25) is 0 Å². The Bertz CT molecular complexity index is 121. The Morgan fingerprint density at radius 3 is 2.22 bits per heavy atom. The molecule has 52 valence electrons. The Kier molecular flexibility index (Phi) is 2.69. The molecular weight excluding hydrogens is 178 g/mol. The highest BCUT2D eigenvalue weighted by Crippen LogP contribution is 2.24. The van der Waals surface area contributed by atoms with Crippen LogP contribution in [0.25, 0.3) is 0 Å². The summed E-state index contributed by atoms with van der Waals surface area (Å²) in [5.41, 5.74) is 0. The van der Waals surface area contributed by atoms with Gasteiger partial charge in [0.25, 0.3) is 0 Å². The van der Waals surface area contributed by atoms with Gasteiger partial charge in [-0.3, -0.25) is 0 Å². The van der Waals surface area contributed by atoms with E-state index in [9.17, 15) is 0 Å². The van der Waals surface area contributed by atoms with E-state index in [1.807, 2.05) is 12.2 Å². The summed E-state index contributed by atoms with van der Waals surface area (Å²) in [6.45, 7) is 0. The minimum atomic E-state index is -0.0401. The van der Waals surface area contributed by atoms with Gasteiger partial charge in [-0.15, -0.1) is 34.8 Å². The predicted octanol–water partition coefficient (Wildman–Crippen LogP) is 2.77. The lowest BCUT2D eigenvalue weighted by molar-refractivity contribution is 0.750. The van der Waals surface area contributed by atoms with E-state index in [0.29, 0.717) is 0 Å². The molecule has 1 rings (SSSR count). The third-order valence-electron chi connectivity index (χ3n) is 1.30. The van der Waals surface area contributed by atoms with Crippen LogP contribution in [0.2, 0.25) is 0 Å². The minimum absolute atomic E-state index is 0.000772. The van der Waals surface area contributed by atoms with Crippen LogP contribution in [0.1, 0.15) is 6.42 Å². The second-order valence-corrected chi connectivity index (χ2v) is 3.72. The quantitative estimate of drug-likeness (QED) is 0.402. The van der Waals surface area contributed by atoms with E-state index < -0.39 is 0 Å². The summed E-state index contributed by atoms with van der Waals surface area (Å²) in [6.07, 6.45) is 4.51. The maximum Gasteiger partial charge on any atom is 0.0680 e. The summed E-state index contributed by atoms with van der Waals surface area (Å²) in [7, 11) is 0. The van der Waals surface area contributed by atoms with E-state index in [1.165, 1.54) is 0 Å². The van der Waals surface area contributed by atoms with Crippen LogP contribution in [0.4, 0.5) is 0 Å². The van der Waals surface area contributed by atoms with E-state index in [2.05, 4.69) is 0 Å². The molecule has 0 aliphatic heterocycles. The normalized spacial score (nSPS) is 43.2. The zero-order chi connectivity index (χ0) is 6.85. The Morgan fingerprint density at radius 2 is 1.78 bits per heavy atom. The molecule has 0 fully saturated rings. The van der Waals surface area contributed by atoms with E-state index in [1.54, 1.807) is 0 Å². The molecule has 0 radical (unpaired) electrons. The van der Waals surface area contributed by atoms with Crippen LogP contribution >= 0.6 is 34.8 Å². The molecule has 9 heavy (non-hydrogen) atoms. The topological polar surface area (TPSA) is 0 Å². The van der Waals surface area contributed by atoms with E-state index >= 15 is 0 Å². The van der Waals surface area contributed by atoms with Crippen LogP contribution in [0.5, 0.6) is 0 Å². The number of hydrogen-bond acceptors (Lipinski definition) is 0. The van der Waals surface area contributed by atoms with Gasteiger partial charge in [0.1, 0.15) is 0 Å². The number of alkyl halides is 3. The smallest absolute Gasteiger partial charge is 0.0680 e. The molecule has 0 bridgehead atoms. The van der Waals surface area contributed by atoms with Crippen LogP contribution in [0, 0.1) is 0 Å². The molecule has 0 saturated carbocycles. The lowest BCUT2D eigenvalue weighted by Gasteiger charge is -2.19. The SMILES string of the molecule is ClC1C=CC(Cl)C(Cl)C1. The van der Waals surface area contributed by atoms with Crippen molar-refractivity contribution in [2.24, 2.45) is 0 Å². The maximum atomic E-state index is 5.79. The van der Waals surface area contributed by atoms with E-state index in [-0.39, 0.29) is 16.1 Å². The summed E-state index contributed by atoms with van der Waals surface area (Å²) in [5.74, 6) is 0. The molecule has 1 aliphatic rings. The molecule has 0 saturated heterocycles. The molecule has 3 unspecified atom stereocenters. The van der Waals surface area contributed by atoms with Gasteiger partial charge in [-0.25, -0.2) is 0 Å². The maximum absolute atomic E-state index is 5.79. The Morgan fingerprint density at radius 1 is 1.11 bits per heavy atom. The lowest BCUT2D eigenvalue weighted by atomic mass is 10.1. The number of halogens is 3. The summed E-state index contributed by atoms with van der Waals surface area (Å²) in [5, 5.41) is 0.0309. The first-order valence-corrected chi connectivity index (χ1v) is 4.11. The van der Waals surface area contributed by atoms with Crippen LogP contribution in [-0.2, 0) is 0 Å². The fourth-order valence-corrected chi connectivity index (χ4v) is 1.60. The molecule has 0 heterocycles. The van der Waals surface area contributed by atoms with Crippen molar-refractivity contribution in [1.82, 2.24) is 0 Å².